The highest BCUT2D eigenvalue weighted by Crippen LogP contribution is 2.36. The number of ether oxygens (including phenoxy) is 1. The first-order chi connectivity index (χ1) is 8.83. The summed E-state index contributed by atoms with van der Waals surface area (Å²) in [4.78, 5) is 0. The highest BCUT2D eigenvalue weighted by molar-refractivity contribution is 5.44. The minimum absolute atomic E-state index is 0.295. The maximum atomic E-state index is 9.81. The zero-order valence-electron chi connectivity index (χ0n) is 10.9. The molecule has 1 atom stereocenters. The summed E-state index contributed by atoms with van der Waals surface area (Å²) in [5.41, 5.74) is 2.26. The third-order valence-electron chi connectivity index (χ3n) is 3.51. The Kier molecular flexibility index (Phi) is 4.82. The van der Waals surface area contributed by atoms with Gasteiger partial charge in [-0.15, -0.1) is 6.58 Å². The Balaban J connectivity index is 1.82. The standard InChI is InChI=1S/C16H22O2/c1-2-3-4-5-6-12-18-16-9-7-8-13-14(16)10-11-15(13)17/h2,7-9,15,17H,1,3-6,10-12H2. The Labute approximate surface area is 109 Å². The van der Waals surface area contributed by atoms with Crippen molar-refractivity contribution in [1.82, 2.24) is 0 Å². The topological polar surface area (TPSA) is 29.5 Å². The number of aliphatic hydroxyl groups is 1. The van der Waals surface area contributed by atoms with Gasteiger partial charge in [0.15, 0.2) is 0 Å². The smallest absolute Gasteiger partial charge is 0.122 e. The maximum Gasteiger partial charge on any atom is 0.122 e. The average molecular weight is 246 g/mol. The van der Waals surface area contributed by atoms with Gasteiger partial charge in [0.2, 0.25) is 0 Å². The molecule has 0 radical (unpaired) electrons. The van der Waals surface area contributed by atoms with Crippen LogP contribution in [0.2, 0.25) is 0 Å². The number of hydrogen-bond acceptors (Lipinski definition) is 2. The van der Waals surface area contributed by atoms with E-state index in [2.05, 4.69) is 6.58 Å². The highest BCUT2D eigenvalue weighted by atomic mass is 16.5. The van der Waals surface area contributed by atoms with Crippen molar-refractivity contribution >= 4 is 0 Å². The summed E-state index contributed by atoms with van der Waals surface area (Å²) in [6.07, 6.45) is 7.98. The molecule has 1 aromatic rings. The number of unbranched alkanes of at least 4 members (excludes halogenated alkanes) is 3. The van der Waals surface area contributed by atoms with Gasteiger partial charge in [0, 0.05) is 5.56 Å². The summed E-state index contributed by atoms with van der Waals surface area (Å²) in [5.74, 6) is 0.966. The summed E-state index contributed by atoms with van der Waals surface area (Å²) in [5, 5.41) is 9.81. The van der Waals surface area contributed by atoms with Crippen molar-refractivity contribution in [2.75, 3.05) is 6.61 Å². The normalized spacial score (nSPS) is 17.5. The minimum atomic E-state index is -0.295. The van der Waals surface area contributed by atoms with Gasteiger partial charge in [0.1, 0.15) is 5.75 Å². The second kappa shape index (κ2) is 6.60. The van der Waals surface area contributed by atoms with Crippen LogP contribution in [0.5, 0.6) is 5.75 Å². The van der Waals surface area contributed by atoms with Crippen molar-refractivity contribution in [2.24, 2.45) is 0 Å². The Bertz CT molecular complexity index is 398. The van der Waals surface area contributed by atoms with Gasteiger partial charge in [0.25, 0.3) is 0 Å². The van der Waals surface area contributed by atoms with Gasteiger partial charge in [-0.05, 0) is 50.2 Å². The van der Waals surface area contributed by atoms with Crippen LogP contribution in [0.4, 0.5) is 0 Å². The van der Waals surface area contributed by atoms with Crippen molar-refractivity contribution in [3.63, 3.8) is 0 Å². The van der Waals surface area contributed by atoms with E-state index in [1.807, 2.05) is 24.3 Å². The fraction of sp³-hybridized carbons (Fsp3) is 0.500. The lowest BCUT2D eigenvalue weighted by Crippen LogP contribution is -2.00. The summed E-state index contributed by atoms with van der Waals surface area (Å²) < 4.78 is 5.84. The van der Waals surface area contributed by atoms with Gasteiger partial charge in [-0.3, -0.25) is 0 Å². The van der Waals surface area contributed by atoms with Crippen LogP contribution in [0.3, 0.4) is 0 Å². The van der Waals surface area contributed by atoms with Crippen molar-refractivity contribution in [2.45, 2.75) is 44.6 Å². The Morgan fingerprint density at radius 3 is 3.06 bits per heavy atom. The first kappa shape index (κ1) is 13.2. The lowest BCUT2D eigenvalue weighted by molar-refractivity contribution is 0.180. The Morgan fingerprint density at radius 2 is 2.22 bits per heavy atom. The van der Waals surface area contributed by atoms with Crippen LogP contribution in [-0.2, 0) is 6.42 Å². The molecule has 0 aliphatic heterocycles. The molecular formula is C16H22O2. The molecule has 0 saturated heterocycles. The number of aliphatic hydroxyl groups excluding tert-OH is 1. The van der Waals surface area contributed by atoms with Crippen molar-refractivity contribution in [3.05, 3.63) is 42.0 Å². The molecule has 0 fully saturated rings. The fourth-order valence-electron chi connectivity index (χ4n) is 2.48. The fourth-order valence-corrected chi connectivity index (χ4v) is 2.48. The van der Waals surface area contributed by atoms with E-state index in [1.54, 1.807) is 0 Å². The number of rotatable bonds is 7. The van der Waals surface area contributed by atoms with Gasteiger partial charge < -0.3 is 9.84 Å². The van der Waals surface area contributed by atoms with Gasteiger partial charge >= 0.3 is 0 Å². The number of fused-ring (bicyclic) bond motifs is 1. The molecule has 0 aromatic heterocycles. The van der Waals surface area contributed by atoms with Crippen LogP contribution < -0.4 is 4.74 Å². The molecule has 1 aromatic carbocycles. The molecular weight excluding hydrogens is 224 g/mol. The second-order valence-electron chi connectivity index (χ2n) is 4.86. The number of hydrogen-bond donors (Lipinski definition) is 1. The molecule has 1 unspecified atom stereocenters. The van der Waals surface area contributed by atoms with Crippen molar-refractivity contribution < 1.29 is 9.84 Å². The quantitative estimate of drug-likeness (QED) is 0.586. The van der Waals surface area contributed by atoms with Gasteiger partial charge in [-0.2, -0.15) is 0 Å². The first-order valence-electron chi connectivity index (χ1n) is 6.86. The van der Waals surface area contributed by atoms with Crippen molar-refractivity contribution in [3.8, 4) is 5.75 Å². The second-order valence-corrected chi connectivity index (χ2v) is 4.86. The number of allylic oxidation sites excluding steroid dienone is 1. The first-order valence-corrected chi connectivity index (χ1v) is 6.86. The molecule has 1 aliphatic rings. The molecule has 18 heavy (non-hydrogen) atoms. The SMILES string of the molecule is C=CCCCCCOc1cccc2c1CCC2O. The van der Waals surface area contributed by atoms with E-state index >= 15 is 0 Å². The zero-order chi connectivity index (χ0) is 12.8. The summed E-state index contributed by atoms with van der Waals surface area (Å²) in [7, 11) is 0. The zero-order valence-corrected chi connectivity index (χ0v) is 10.9. The third kappa shape index (κ3) is 3.14. The minimum Gasteiger partial charge on any atom is -0.493 e. The van der Waals surface area contributed by atoms with E-state index in [-0.39, 0.29) is 6.10 Å². The molecule has 2 heteroatoms. The summed E-state index contributed by atoms with van der Waals surface area (Å²) >= 11 is 0. The average Bonchev–Trinajstić information content (AvgIpc) is 2.77. The monoisotopic (exact) mass is 246 g/mol. The highest BCUT2D eigenvalue weighted by Gasteiger charge is 2.22. The van der Waals surface area contributed by atoms with Crippen molar-refractivity contribution in [1.29, 1.82) is 0 Å². The molecule has 1 aliphatic carbocycles. The van der Waals surface area contributed by atoms with Crippen LogP contribution in [0, 0.1) is 0 Å². The van der Waals surface area contributed by atoms with Crippen LogP contribution >= 0.6 is 0 Å². The van der Waals surface area contributed by atoms with Gasteiger partial charge in [-0.1, -0.05) is 18.2 Å². The van der Waals surface area contributed by atoms with E-state index in [1.165, 1.54) is 18.4 Å². The van der Waals surface area contributed by atoms with Crippen LogP contribution in [0.15, 0.2) is 30.9 Å². The molecule has 0 heterocycles. The van der Waals surface area contributed by atoms with Gasteiger partial charge in [-0.25, -0.2) is 0 Å². The molecule has 2 rings (SSSR count). The predicted octanol–water partition coefficient (Wildman–Crippen LogP) is 3.79. The van der Waals surface area contributed by atoms with Crippen LogP contribution in [-0.4, -0.2) is 11.7 Å². The molecule has 98 valence electrons. The molecule has 0 spiro atoms. The third-order valence-corrected chi connectivity index (χ3v) is 3.51. The maximum absolute atomic E-state index is 9.81. The Morgan fingerprint density at radius 1 is 1.33 bits per heavy atom. The molecule has 1 N–H and O–H groups in total. The predicted molar refractivity (Wildman–Crippen MR) is 73.9 cm³/mol. The lowest BCUT2D eigenvalue weighted by atomic mass is 10.1. The summed E-state index contributed by atoms with van der Waals surface area (Å²) in [6, 6.07) is 5.99. The van der Waals surface area contributed by atoms with Crippen LogP contribution in [0.25, 0.3) is 0 Å². The lowest BCUT2D eigenvalue weighted by Gasteiger charge is -2.11. The molecule has 0 amide bonds. The van der Waals surface area contributed by atoms with E-state index in [9.17, 15) is 5.11 Å². The summed E-state index contributed by atoms with van der Waals surface area (Å²) in [6.45, 7) is 4.49. The Hall–Kier alpha value is -1.28. The molecule has 2 nitrogen and oxygen atoms in total. The van der Waals surface area contributed by atoms with E-state index in [4.69, 9.17) is 4.74 Å². The molecule has 0 bridgehead atoms. The van der Waals surface area contributed by atoms with E-state index < -0.39 is 0 Å². The van der Waals surface area contributed by atoms with E-state index in [0.29, 0.717) is 0 Å². The number of benzene rings is 1. The van der Waals surface area contributed by atoms with E-state index in [0.717, 1.165) is 43.6 Å². The largest absolute Gasteiger partial charge is 0.493 e. The van der Waals surface area contributed by atoms with Gasteiger partial charge in [0.05, 0.1) is 12.7 Å². The van der Waals surface area contributed by atoms with Crippen LogP contribution in [0.1, 0.15) is 49.3 Å². The molecule has 0 saturated carbocycles.